The Morgan fingerprint density at radius 1 is 1.53 bits per heavy atom. The molecule has 17 heavy (non-hydrogen) atoms. The normalized spacial score (nSPS) is 20.4. The Bertz CT molecular complexity index is 381. The first-order valence-corrected chi connectivity index (χ1v) is 6.30. The van der Waals surface area contributed by atoms with Crippen molar-refractivity contribution in [2.45, 2.75) is 26.2 Å². The summed E-state index contributed by atoms with van der Waals surface area (Å²) in [6, 6.07) is 3.85. The van der Waals surface area contributed by atoms with E-state index in [1.165, 1.54) is 19.3 Å². The lowest BCUT2D eigenvalue weighted by Gasteiger charge is -2.33. The van der Waals surface area contributed by atoms with E-state index >= 15 is 0 Å². The molecule has 2 heterocycles. The number of pyridine rings is 1. The van der Waals surface area contributed by atoms with E-state index < -0.39 is 0 Å². The van der Waals surface area contributed by atoms with Crippen LogP contribution >= 0.6 is 0 Å². The van der Waals surface area contributed by atoms with E-state index in [1.807, 2.05) is 12.1 Å². The molecule has 1 fully saturated rings. The lowest BCUT2D eigenvalue weighted by Crippen LogP contribution is -2.35. The van der Waals surface area contributed by atoms with Crippen molar-refractivity contribution in [2.24, 2.45) is 5.92 Å². The molecule has 1 unspecified atom stereocenters. The molecule has 0 aliphatic carbocycles. The number of piperidine rings is 1. The molecule has 2 rings (SSSR count). The Kier molecular flexibility index (Phi) is 3.71. The van der Waals surface area contributed by atoms with Crippen LogP contribution in [0.25, 0.3) is 0 Å². The molecule has 0 spiro atoms. The van der Waals surface area contributed by atoms with Gasteiger partial charge >= 0.3 is 0 Å². The highest BCUT2D eigenvalue weighted by atomic mass is 16.5. The number of nitrogens with zero attached hydrogens (tertiary/aromatic N) is 2. The first-order valence-electron chi connectivity index (χ1n) is 6.30. The quantitative estimate of drug-likeness (QED) is 0.873. The van der Waals surface area contributed by atoms with Crippen molar-refractivity contribution in [3.05, 3.63) is 12.1 Å². The zero-order chi connectivity index (χ0) is 12.3. The number of nitrogen functional groups attached to an aromatic ring is 1. The fraction of sp³-hybridized carbons (Fsp3) is 0.615. The monoisotopic (exact) mass is 235 g/mol. The number of nitrogens with two attached hydrogens (primary N) is 1. The van der Waals surface area contributed by atoms with Crippen molar-refractivity contribution in [1.29, 1.82) is 0 Å². The molecular weight excluding hydrogens is 214 g/mol. The minimum atomic E-state index is 0.529. The van der Waals surface area contributed by atoms with Gasteiger partial charge in [0, 0.05) is 13.1 Å². The van der Waals surface area contributed by atoms with E-state index in [0.717, 1.165) is 24.8 Å². The van der Waals surface area contributed by atoms with Crippen LogP contribution in [-0.4, -0.2) is 25.2 Å². The standard InChI is InChI=1S/C13H21N3O/c1-3-10-5-4-8-16(9-10)12-7-6-11(14)13(15-12)17-2/h6-7,10H,3-5,8-9,14H2,1-2H3. The predicted octanol–water partition coefficient (Wildman–Crippen LogP) is 2.30. The summed E-state index contributed by atoms with van der Waals surface area (Å²) in [6.45, 7) is 4.43. The molecule has 4 nitrogen and oxygen atoms in total. The first-order chi connectivity index (χ1) is 8.24. The Labute approximate surface area is 103 Å². The van der Waals surface area contributed by atoms with Crippen molar-refractivity contribution in [2.75, 3.05) is 30.8 Å². The number of aromatic nitrogens is 1. The maximum absolute atomic E-state index is 5.78. The van der Waals surface area contributed by atoms with Crippen LogP contribution in [0.1, 0.15) is 26.2 Å². The van der Waals surface area contributed by atoms with E-state index in [-0.39, 0.29) is 0 Å². The molecule has 1 aliphatic rings. The highest BCUT2D eigenvalue weighted by Gasteiger charge is 2.20. The van der Waals surface area contributed by atoms with Crippen LogP contribution in [-0.2, 0) is 0 Å². The van der Waals surface area contributed by atoms with Gasteiger partial charge in [0.05, 0.1) is 12.8 Å². The molecule has 0 saturated carbocycles. The Morgan fingerprint density at radius 3 is 3.06 bits per heavy atom. The average molecular weight is 235 g/mol. The lowest BCUT2D eigenvalue weighted by molar-refractivity contribution is 0.390. The van der Waals surface area contributed by atoms with E-state index in [2.05, 4.69) is 16.8 Å². The van der Waals surface area contributed by atoms with Gasteiger partial charge in [-0.05, 0) is 30.9 Å². The third-order valence-electron chi connectivity index (χ3n) is 3.49. The molecule has 1 saturated heterocycles. The molecule has 94 valence electrons. The molecule has 0 bridgehead atoms. The van der Waals surface area contributed by atoms with Crippen molar-refractivity contribution < 1.29 is 4.74 Å². The SMILES string of the molecule is CCC1CCCN(c2ccc(N)c(OC)n2)C1. The summed E-state index contributed by atoms with van der Waals surface area (Å²) in [4.78, 5) is 6.79. The van der Waals surface area contributed by atoms with Gasteiger partial charge in [-0.3, -0.25) is 0 Å². The van der Waals surface area contributed by atoms with Crippen LogP contribution in [0.4, 0.5) is 11.5 Å². The molecule has 0 amide bonds. The maximum atomic E-state index is 5.78. The fourth-order valence-corrected chi connectivity index (χ4v) is 2.39. The zero-order valence-electron chi connectivity index (χ0n) is 10.6. The van der Waals surface area contributed by atoms with Gasteiger partial charge in [0.25, 0.3) is 0 Å². The molecule has 1 aromatic rings. The van der Waals surface area contributed by atoms with Gasteiger partial charge in [0.1, 0.15) is 5.82 Å². The largest absolute Gasteiger partial charge is 0.479 e. The fourth-order valence-electron chi connectivity index (χ4n) is 2.39. The van der Waals surface area contributed by atoms with Gasteiger partial charge in [0.15, 0.2) is 0 Å². The highest BCUT2D eigenvalue weighted by Crippen LogP contribution is 2.27. The summed E-state index contributed by atoms with van der Waals surface area (Å²) in [5.41, 5.74) is 6.37. The predicted molar refractivity (Wildman–Crippen MR) is 70.4 cm³/mol. The molecular formula is C13H21N3O. The smallest absolute Gasteiger partial charge is 0.238 e. The molecule has 4 heteroatoms. The number of hydrogen-bond donors (Lipinski definition) is 1. The minimum absolute atomic E-state index is 0.529. The minimum Gasteiger partial charge on any atom is -0.479 e. The lowest BCUT2D eigenvalue weighted by atomic mass is 9.96. The van der Waals surface area contributed by atoms with Gasteiger partial charge in [-0.15, -0.1) is 0 Å². The summed E-state index contributed by atoms with van der Waals surface area (Å²) in [5, 5.41) is 0. The number of rotatable bonds is 3. The third kappa shape index (κ3) is 2.62. The molecule has 2 N–H and O–H groups in total. The van der Waals surface area contributed by atoms with Crippen LogP contribution in [0.15, 0.2) is 12.1 Å². The molecule has 1 atom stereocenters. The van der Waals surface area contributed by atoms with Crippen molar-refractivity contribution >= 4 is 11.5 Å². The summed E-state index contributed by atoms with van der Waals surface area (Å²) < 4.78 is 5.17. The number of ether oxygens (including phenoxy) is 1. The number of anilines is 2. The van der Waals surface area contributed by atoms with Crippen LogP contribution in [0.2, 0.25) is 0 Å². The molecule has 1 aromatic heterocycles. The Hall–Kier alpha value is -1.45. The summed E-state index contributed by atoms with van der Waals surface area (Å²) in [5.74, 6) is 2.30. The zero-order valence-corrected chi connectivity index (χ0v) is 10.6. The van der Waals surface area contributed by atoms with E-state index in [1.54, 1.807) is 7.11 Å². The van der Waals surface area contributed by atoms with E-state index in [9.17, 15) is 0 Å². The van der Waals surface area contributed by atoms with Gasteiger partial charge in [-0.1, -0.05) is 13.3 Å². The topological polar surface area (TPSA) is 51.4 Å². The van der Waals surface area contributed by atoms with E-state index in [0.29, 0.717) is 11.6 Å². The molecule has 1 aliphatic heterocycles. The Balaban J connectivity index is 2.16. The second-order valence-electron chi connectivity index (χ2n) is 4.63. The second-order valence-corrected chi connectivity index (χ2v) is 4.63. The summed E-state index contributed by atoms with van der Waals surface area (Å²) >= 11 is 0. The second kappa shape index (κ2) is 5.25. The highest BCUT2D eigenvalue weighted by molar-refractivity contribution is 5.54. The van der Waals surface area contributed by atoms with Crippen molar-refractivity contribution in [3.63, 3.8) is 0 Å². The average Bonchev–Trinajstić information content (AvgIpc) is 2.39. The van der Waals surface area contributed by atoms with Crippen LogP contribution < -0.4 is 15.4 Å². The van der Waals surface area contributed by atoms with Crippen LogP contribution in [0, 0.1) is 5.92 Å². The number of methoxy groups -OCH3 is 1. The number of hydrogen-bond acceptors (Lipinski definition) is 4. The summed E-state index contributed by atoms with van der Waals surface area (Å²) in [6.07, 6.45) is 3.81. The molecule has 0 aromatic carbocycles. The van der Waals surface area contributed by atoms with Crippen LogP contribution in [0.3, 0.4) is 0 Å². The van der Waals surface area contributed by atoms with Gasteiger partial charge < -0.3 is 15.4 Å². The van der Waals surface area contributed by atoms with Crippen LogP contribution in [0.5, 0.6) is 5.88 Å². The van der Waals surface area contributed by atoms with E-state index in [4.69, 9.17) is 10.5 Å². The van der Waals surface area contributed by atoms with Gasteiger partial charge in [0.2, 0.25) is 5.88 Å². The summed E-state index contributed by atoms with van der Waals surface area (Å²) in [7, 11) is 1.60. The van der Waals surface area contributed by atoms with Crippen molar-refractivity contribution in [1.82, 2.24) is 4.98 Å². The third-order valence-corrected chi connectivity index (χ3v) is 3.49. The van der Waals surface area contributed by atoms with Gasteiger partial charge in [-0.2, -0.15) is 4.98 Å². The maximum Gasteiger partial charge on any atom is 0.238 e. The molecule has 0 radical (unpaired) electrons. The first kappa shape index (κ1) is 12.0. The Morgan fingerprint density at radius 2 is 2.35 bits per heavy atom. The van der Waals surface area contributed by atoms with Crippen molar-refractivity contribution in [3.8, 4) is 5.88 Å². The van der Waals surface area contributed by atoms with Gasteiger partial charge in [-0.25, -0.2) is 0 Å².